The maximum atomic E-state index is 4.46. The van der Waals surface area contributed by atoms with Gasteiger partial charge in [-0.05, 0) is 36.6 Å². The Hall–Kier alpha value is -2.40. The first-order valence-electron chi connectivity index (χ1n) is 8.51. The summed E-state index contributed by atoms with van der Waals surface area (Å²) in [6.07, 6.45) is 0.959. The van der Waals surface area contributed by atoms with Crippen molar-refractivity contribution in [3.05, 3.63) is 63.6 Å². The summed E-state index contributed by atoms with van der Waals surface area (Å²) in [4.78, 5) is 10.0. The molecule has 5 heteroatoms. The van der Waals surface area contributed by atoms with Gasteiger partial charge in [-0.3, -0.25) is 4.99 Å². The molecule has 4 nitrogen and oxygen atoms in total. The second-order valence-corrected chi connectivity index (χ2v) is 7.27. The molecule has 0 fully saturated rings. The molecule has 3 aromatic rings. The zero-order chi connectivity index (χ0) is 17.6. The second-order valence-electron chi connectivity index (χ2n) is 5.98. The first kappa shape index (κ1) is 17.4. The summed E-state index contributed by atoms with van der Waals surface area (Å²) in [6, 6.07) is 15.0. The summed E-state index contributed by atoms with van der Waals surface area (Å²) in [5.74, 6) is 0.825. The van der Waals surface area contributed by atoms with Crippen molar-refractivity contribution in [1.82, 2.24) is 15.6 Å². The largest absolute Gasteiger partial charge is 0.356 e. The fourth-order valence-corrected chi connectivity index (χ4v) is 3.83. The van der Waals surface area contributed by atoms with E-state index in [-0.39, 0.29) is 0 Å². The molecule has 2 N–H and O–H groups in total. The van der Waals surface area contributed by atoms with Gasteiger partial charge in [-0.15, -0.1) is 11.3 Å². The number of hydrogen-bond acceptors (Lipinski definition) is 3. The molecular formula is C20H24N4S. The average Bonchev–Trinajstić information content (AvgIpc) is 2.95. The Morgan fingerprint density at radius 3 is 2.64 bits per heavy atom. The lowest BCUT2D eigenvalue weighted by Gasteiger charge is -2.12. The van der Waals surface area contributed by atoms with Crippen molar-refractivity contribution < 1.29 is 0 Å². The molecule has 2 aromatic carbocycles. The maximum Gasteiger partial charge on any atom is 0.191 e. The normalized spacial score (nSPS) is 11.7. The van der Waals surface area contributed by atoms with Crippen LogP contribution in [0.5, 0.6) is 0 Å². The van der Waals surface area contributed by atoms with E-state index in [1.807, 2.05) is 6.92 Å². The van der Waals surface area contributed by atoms with E-state index in [1.54, 1.807) is 18.4 Å². The molecule has 0 aliphatic carbocycles. The molecule has 0 atom stereocenters. The molecule has 25 heavy (non-hydrogen) atoms. The number of aliphatic imine (C=N–C) groups is 1. The van der Waals surface area contributed by atoms with E-state index in [2.05, 4.69) is 70.0 Å². The highest BCUT2D eigenvalue weighted by Crippen LogP contribution is 2.18. The van der Waals surface area contributed by atoms with Crippen molar-refractivity contribution in [3.8, 4) is 0 Å². The number of aromatic nitrogens is 1. The van der Waals surface area contributed by atoms with Crippen LogP contribution in [0.25, 0.3) is 10.8 Å². The smallest absolute Gasteiger partial charge is 0.191 e. The van der Waals surface area contributed by atoms with Crippen LogP contribution < -0.4 is 10.6 Å². The van der Waals surface area contributed by atoms with Gasteiger partial charge in [0.15, 0.2) is 5.96 Å². The van der Waals surface area contributed by atoms with Crippen LogP contribution in [0.1, 0.15) is 21.1 Å². The molecule has 130 valence electrons. The van der Waals surface area contributed by atoms with Crippen LogP contribution in [-0.2, 0) is 13.0 Å². The van der Waals surface area contributed by atoms with Gasteiger partial charge in [0.1, 0.15) is 0 Å². The molecule has 0 spiro atoms. The van der Waals surface area contributed by atoms with E-state index in [0.717, 1.165) is 36.2 Å². The molecule has 1 heterocycles. The number of benzene rings is 2. The van der Waals surface area contributed by atoms with Gasteiger partial charge in [0.05, 0.1) is 17.2 Å². The molecule has 0 aliphatic rings. The fourth-order valence-electron chi connectivity index (χ4n) is 2.95. The summed E-state index contributed by atoms with van der Waals surface area (Å²) in [5.41, 5.74) is 2.45. The number of guanidine groups is 1. The Labute approximate surface area is 153 Å². The maximum absolute atomic E-state index is 4.46. The summed E-state index contributed by atoms with van der Waals surface area (Å²) >= 11 is 1.73. The van der Waals surface area contributed by atoms with Crippen LogP contribution in [0, 0.1) is 13.8 Å². The van der Waals surface area contributed by atoms with Crippen LogP contribution in [0.4, 0.5) is 0 Å². The lowest BCUT2D eigenvalue weighted by Crippen LogP contribution is -2.37. The summed E-state index contributed by atoms with van der Waals surface area (Å²) in [6.45, 7) is 5.69. The lowest BCUT2D eigenvalue weighted by molar-refractivity contribution is 0.798. The van der Waals surface area contributed by atoms with Gasteiger partial charge in [-0.1, -0.05) is 42.5 Å². The average molecular weight is 353 g/mol. The van der Waals surface area contributed by atoms with Gasteiger partial charge in [0.2, 0.25) is 0 Å². The molecule has 0 saturated heterocycles. The summed E-state index contributed by atoms with van der Waals surface area (Å²) in [5, 5.41) is 10.5. The van der Waals surface area contributed by atoms with Crippen molar-refractivity contribution in [2.45, 2.75) is 26.8 Å². The fraction of sp³-hybridized carbons (Fsp3) is 0.300. The van der Waals surface area contributed by atoms with Crippen LogP contribution in [-0.4, -0.2) is 24.5 Å². The highest BCUT2D eigenvalue weighted by molar-refractivity contribution is 7.11. The minimum absolute atomic E-state index is 0.755. The van der Waals surface area contributed by atoms with Crippen LogP contribution >= 0.6 is 11.3 Å². The van der Waals surface area contributed by atoms with Crippen molar-refractivity contribution in [3.63, 3.8) is 0 Å². The number of thiazole rings is 1. The monoisotopic (exact) mass is 352 g/mol. The van der Waals surface area contributed by atoms with E-state index >= 15 is 0 Å². The predicted molar refractivity (Wildman–Crippen MR) is 107 cm³/mol. The topological polar surface area (TPSA) is 49.3 Å². The number of hydrogen-bond donors (Lipinski definition) is 2. The summed E-state index contributed by atoms with van der Waals surface area (Å²) < 4.78 is 0. The minimum atomic E-state index is 0.755. The van der Waals surface area contributed by atoms with Crippen molar-refractivity contribution >= 4 is 28.1 Å². The quantitative estimate of drug-likeness (QED) is 0.542. The molecule has 1 aromatic heterocycles. The third-order valence-electron chi connectivity index (χ3n) is 4.21. The Morgan fingerprint density at radius 1 is 1.08 bits per heavy atom. The van der Waals surface area contributed by atoms with Gasteiger partial charge in [-0.2, -0.15) is 0 Å². The van der Waals surface area contributed by atoms with Gasteiger partial charge in [0.25, 0.3) is 0 Å². The number of nitrogens with zero attached hydrogens (tertiary/aromatic N) is 2. The first-order chi connectivity index (χ1) is 12.2. The number of fused-ring (bicyclic) bond motifs is 1. The minimum Gasteiger partial charge on any atom is -0.356 e. The van der Waals surface area contributed by atoms with E-state index in [1.165, 1.54) is 21.2 Å². The molecule has 0 unspecified atom stereocenters. The van der Waals surface area contributed by atoms with E-state index in [9.17, 15) is 0 Å². The Morgan fingerprint density at radius 2 is 1.88 bits per heavy atom. The third kappa shape index (κ3) is 4.37. The molecule has 0 amide bonds. The first-order valence-corrected chi connectivity index (χ1v) is 9.33. The molecule has 0 saturated carbocycles. The van der Waals surface area contributed by atoms with Crippen LogP contribution in [0.3, 0.4) is 0 Å². The van der Waals surface area contributed by atoms with E-state index in [0.29, 0.717) is 0 Å². The number of rotatable bonds is 5. The third-order valence-corrected chi connectivity index (χ3v) is 5.28. The van der Waals surface area contributed by atoms with Gasteiger partial charge < -0.3 is 10.6 Å². The van der Waals surface area contributed by atoms with E-state index in [4.69, 9.17) is 0 Å². The highest BCUT2D eigenvalue weighted by atomic mass is 32.1. The van der Waals surface area contributed by atoms with Crippen LogP contribution in [0.2, 0.25) is 0 Å². The molecular weight excluding hydrogens is 328 g/mol. The predicted octanol–water partition coefficient (Wildman–Crippen LogP) is 3.82. The van der Waals surface area contributed by atoms with E-state index < -0.39 is 0 Å². The lowest BCUT2D eigenvalue weighted by atomic mass is 10.0. The highest BCUT2D eigenvalue weighted by Gasteiger charge is 2.06. The van der Waals surface area contributed by atoms with Crippen molar-refractivity contribution in [1.29, 1.82) is 0 Å². The zero-order valence-electron chi connectivity index (χ0n) is 15.0. The van der Waals surface area contributed by atoms with Gasteiger partial charge in [-0.25, -0.2) is 4.98 Å². The van der Waals surface area contributed by atoms with Gasteiger partial charge in [0, 0.05) is 18.5 Å². The zero-order valence-corrected chi connectivity index (χ0v) is 15.8. The number of nitrogens with one attached hydrogen (secondary N) is 2. The molecule has 3 rings (SSSR count). The standard InChI is InChI=1S/C20H24N4S/c1-14-19(25-15(2)24-14)13-23-20(21-3)22-12-11-17-9-6-8-16-7-4-5-10-18(16)17/h4-10H,11-13H2,1-3H3,(H2,21,22,23). The summed E-state index contributed by atoms with van der Waals surface area (Å²) in [7, 11) is 1.80. The molecule has 0 bridgehead atoms. The molecule has 0 radical (unpaired) electrons. The Kier molecular flexibility index (Phi) is 5.66. The van der Waals surface area contributed by atoms with Crippen molar-refractivity contribution in [2.24, 2.45) is 4.99 Å². The SMILES string of the molecule is CN=C(NCCc1cccc2ccccc12)NCc1sc(C)nc1C. The van der Waals surface area contributed by atoms with Crippen LogP contribution in [0.15, 0.2) is 47.5 Å². The molecule has 0 aliphatic heterocycles. The van der Waals surface area contributed by atoms with Crippen molar-refractivity contribution in [2.75, 3.05) is 13.6 Å². The number of aryl methyl sites for hydroxylation is 2. The van der Waals surface area contributed by atoms with Gasteiger partial charge >= 0.3 is 0 Å². The Balaban J connectivity index is 1.55. The second kappa shape index (κ2) is 8.12. The Bertz CT molecular complexity index is 877.